The van der Waals surface area contributed by atoms with Gasteiger partial charge in [0.25, 0.3) is 0 Å². The van der Waals surface area contributed by atoms with E-state index in [9.17, 15) is 12.8 Å². The van der Waals surface area contributed by atoms with Crippen molar-refractivity contribution in [3.05, 3.63) is 42.0 Å². The number of hydrogen-bond donors (Lipinski definition) is 1. The molecule has 0 unspecified atom stereocenters. The van der Waals surface area contributed by atoms with Crippen LogP contribution in [0.1, 0.15) is 24.8 Å². The van der Waals surface area contributed by atoms with Crippen LogP contribution in [0.4, 0.5) is 4.39 Å². The highest BCUT2D eigenvalue weighted by Gasteiger charge is 2.32. The van der Waals surface area contributed by atoms with Gasteiger partial charge in [0.1, 0.15) is 5.82 Å². The van der Waals surface area contributed by atoms with Crippen LogP contribution in [0.2, 0.25) is 0 Å². The van der Waals surface area contributed by atoms with E-state index >= 15 is 0 Å². The van der Waals surface area contributed by atoms with Gasteiger partial charge in [-0.05, 0) is 49.4 Å². The Balaban J connectivity index is 1.76. The predicted molar refractivity (Wildman–Crippen MR) is 82.6 cm³/mol. The zero-order chi connectivity index (χ0) is 16.4. The molecular formula is C15H19FN4O2S. The van der Waals surface area contributed by atoms with Crippen molar-refractivity contribution in [3.8, 4) is 0 Å². The van der Waals surface area contributed by atoms with Crippen molar-refractivity contribution in [2.75, 3.05) is 0 Å². The maximum atomic E-state index is 13.2. The molecule has 124 valence electrons. The van der Waals surface area contributed by atoms with Gasteiger partial charge in [0.05, 0.1) is 11.1 Å². The lowest BCUT2D eigenvalue weighted by molar-refractivity contribution is 0.367. The number of nitrogens with one attached hydrogen (secondary N) is 1. The Hall–Kier alpha value is -1.80. The van der Waals surface area contributed by atoms with Crippen LogP contribution in [0.15, 0.2) is 35.5 Å². The minimum Gasteiger partial charge on any atom is -0.252 e. The van der Waals surface area contributed by atoms with Gasteiger partial charge in [-0.2, -0.15) is 0 Å². The molecule has 3 rings (SSSR count). The third-order valence-electron chi connectivity index (χ3n) is 4.29. The molecule has 1 aliphatic carbocycles. The van der Waals surface area contributed by atoms with Crippen LogP contribution in [0.25, 0.3) is 0 Å². The lowest BCUT2D eigenvalue weighted by atomic mass is 10.1. The highest BCUT2D eigenvalue weighted by atomic mass is 32.2. The monoisotopic (exact) mass is 338 g/mol. The molecule has 2 aromatic rings. The molecule has 1 N–H and O–H groups in total. The van der Waals surface area contributed by atoms with Crippen LogP contribution in [0.5, 0.6) is 0 Å². The molecular weight excluding hydrogens is 319 g/mol. The van der Waals surface area contributed by atoms with Gasteiger partial charge in [-0.1, -0.05) is 11.6 Å². The predicted octanol–water partition coefficient (Wildman–Crippen LogP) is 1.87. The Labute approximate surface area is 134 Å². The van der Waals surface area contributed by atoms with Gasteiger partial charge in [0.15, 0.2) is 0 Å². The molecule has 6 nitrogen and oxygen atoms in total. The number of aryl methyl sites for hydroxylation is 1. The number of hydrogen-bond acceptors (Lipinski definition) is 4. The number of benzene rings is 1. The first-order chi connectivity index (χ1) is 11.0. The van der Waals surface area contributed by atoms with Gasteiger partial charge in [0.2, 0.25) is 10.0 Å². The van der Waals surface area contributed by atoms with E-state index in [1.165, 1.54) is 18.2 Å². The van der Waals surface area contributed by atoms with E-state index in [-0.39, 0.29) is 16.9 Å². The Morgan fingerprint density at radius 1 is 1.39 bits per heavy atom. The van der Waals surface area contributed by atoms with Gasteiger partial charge in [0, 0.05) is 18.8 Å². The second-order valence-electron chi connectivity index (χ2n) is 5.95. The Kier molecular flexibility index (Phi) is 4.45. The molecule has 0 amide bonds. The summed E-state index contributed by atoms with van der Waals surface area (Å²) >= 11 is 0. The topological polar surface area (TPSA) is 76.9 Å². The fourth-order valence-electron chi connectivity index (χ4n) is 3.16. The number of nitrogens with zero attached hydrogens (tertiary/aromatic N) is 3. The van der Waals surface area contributed by atoms with Gasteiger partial charge in [-0.15, -0.1) is 5.10 Å². The van der Waals surface area contributed by atoms with Gasteiger partial charge >= 0.3 is 0 Å². The maximum absolute atomic E-state index is 13.2. The normalized spacial score (nSPS) is 21.7. The van der Waals surface area contributed by atoms with Crippen LogP contribution < -0.4 is 4.72 Å². The maximum Gasteiger partial charge on any atom is 0.241 e. The first-order valence-electron chi connectivity index (χ1n) is 7.58. The van der Waals surface area contributed by atoms with Gasteiger partial charge < -0.3 is 0 Å². The molecule has 23 heavy (non-hydrogen) atoms. The number of aromatic nitrogens is 3. The van der Waals surface area contributed by atoms with Crippen molar-refractivity contribution in [2.24, 2.45) is 5.92 Å². The van der Waals surface area contributed by atoms with E-state index in [1.54, 1.807) is 24.0 Å². The number of halogens is 1. The summed E-state index contributed by atoms with van der Waals surface area (Å²) in [6, 6.07) is 3.57. The average molecular weight is 338 g/mol. The van der Waals surface area contributed by atoms with Crippen molar-refractivity contribution >= 4 is 10.0 Å². The number of sulfonamides is 1. The summed E-state index contributed by atoms with van der Waals surface area (Å²) < 4.78 is 42.9. The zero-order valence-electron chi connectivity index (χ0n) is 12.8. The summed E-state index contributed by atoms with van der Waals surface area (Å²) in [5.74, 6) is -0.265. The number of rotatable bonds is 5. The molecule has 0 spiro atoms. The van der Waals surface area contributed by atoms with Crippen LogP contribution in [0, 0.1) is 18.7 Å². The Morgan fingerprint density at radius 2 is 2.22 bits per heavy atom. The zero-order valence-corrected chi connectivity index (χ0v) is 13.6. The summed E-state index contributed by atoms with van der Waals surface area (Å²) in [6.45, 7) is 2.23. The van der Waals surface area contributed by atoms with E-state index in [1.807, 2.05) is 0 Å². The third kappa shape index (κ3) is 3.59. The highest BCUT2D eigenvalue weighted by Crippen LogP contribution is 2.29. The Morgan fingerprint density at radius 3 is 2.91 bits per heavy atom. The van der Waals surface area contributed by atoms with Crippen LogP contribution in [-0.2, 0) is 16.6 Å². The molecule has 1 aromatic heterocycles. The molecule has 2 atom stereocenters. The van der Waals surface area contributed by atoms with Crippen molar-refractivity contribution in [2.45, 2.75) is 43.7 Å². The molecule has 0 bridgehead atoms. The third-order valence-corrected chi connectivity index (χ3v) is 5.94. The van der Waals surface area contributed by atoms with Crippen molar-refractivity contribution in [1.29, 1.82) is 0 Å². The van der Waals surface area contributed by atoms with Crippen molar-refractivity contribution < 1.29 is 12.8 Å². The molecule has 8 heteroatoms. The van der Waals surface area contributed by atoms with Crippen LogP contribution >= 0.6 is 0 Å². The smallest absolute Gasteiger partial charge is 0.241 e. The minimum atomic E-state index is -3.66. The van der Waals surface area contributed by atoms with E-state index in [2.05, 4.69) is 15.0 Å². The largest absolute Gasteiger partial charge is 0.252 e. The first-order valence-corrected chi connectivity index (χ1v) is 9.06. The quantitative estimate of drug-likeness (QED) is 0.903. The fourth-order valence-corrected chi connectivity index (χ4v) is 4.72. The second-order valence-corrected chi connectivity index (χ2v) is 7.64. The summed E-state index contributed by atoms with van der Waals surface area (Å²) in [5, 5.41) is 7.71. The molecule has 0 radical (unpaired) electrons. The van der Waals surface area contributed by atoms with Crippen LogP contribution in [-0.4, -0.2) is 29.5 Å². The van der Waals surface area contributed by atoms with Crippen molar-refractivity contribution in [3.63, 3.8) is 0 Å². The van der Waals surface area contributed by atoms with Gasteiger partial charge in [-0.25, -0.2) is 17.5 Å². The molecule has 1 heterocycles. The molecule has 0 saturated heterocycles. The summed E-state index contributed by atoms with van der Waals surface area (Å²) in [5.41, 5.74) is 0.406. The van der Waals surface area contributed by atoms with E-state index in [0.29, 0.717) is 12.1 Å². The van der Waals surface area contributed by atoms with E-state index in [0.717, 1.165) is 19.3 Å². The summed E-state index contributed by atoms with van der Waals surface area (Å²) in [7, 11) is -3.66. The van der Waals surface area contributed by atoms with E-state index < -0.39 is 15.8 Å². The van der Waals surface area contributed by atoms with Crippen LogP contribution in [0.3, 0.4) is 0 Å². The Bertz CT molecular complexity index is 777. The average Bonchev–Trinajstić information content (AvgIpc) is 3.11. The molecule has 0 aliphatic heterocycles. The molecule has 1 aliphatic rings. The summed E-state index contributed by atoms with van der Waals surface area (Å²) in [6.07, 6.45) is 6.08. The molecule has 1 aromatic carbocycles. The van der Waals surface area contributed by atoms with Crippen molar-refractivity contribution in [1.82, 2.24) is 19.7 Å². The second kappa shape index (κ2) is 6.37. The minimum absolute atomic E-state index is 0.130. The first kappa shape index (κ1) is 16.1. The molecule has 1 saturated carbocycles. The van der Waals surface area contributed by atoms with E-state index in [4.69, 9.17) is 0 Å². The fraction of sp³-hybridized carbons (Fsp3) is 0.467. The molecule has 1 fully saturated rings. The van der Waals surface area contributed by atoms with Gasteiger partial charge in [-0.3, -0.25) is 4.68 Å². The summed E-state index contributed by atoms with van der Waals surface area (Å²) in [4.78, 5) is 0.130. The highest BCUT2D eigenvalue weighted by molar-refractivity contribution is 7.89. The SMILES string of the molecule is Cc1cc(F)ccc1S(=O)(=O)N[C@@H]1CCC[C@@H]1Cn1ccnn1. The lowest BCUT2D eigenvalue weighted by Crippen LogP contribution is -2.39. The lowest BCUT2D eigenvalue weighted by Gasteiger charge is -2.21. The standard InChI is InChI=1S/C15H19FN4O2S/c1-11-9-13(16)5-6-15(11)23(21,22)18-14-4-2-3-12(14)10-20-8-7-17-19-20/h5-9,12,14,18H,2-4,10H2,1H3/t12-,14-/m1/s1.